The Morgan fingerprint density at radius 1 is 0.714 bits per heavy atom. The van der Waals surface area contributed by atoms with Crippen LogP contribution in [0.15, 0.2) is 0 Å². The van der Waals surface area contributed by atoms with Gasteiger partial charge in [-0.15, -0.1) is 0 Å². The number of alkyl halides is 1. The molecule has 0 saturated carbocycles. The molecule has 0 aliphatic heterocycles. The van der Waals surface area contributed by atoms with E-state index in [2.05, 4.69) is 5.32 Å². The van der Waals surface area contributed by atoms with Crippen molar-refractivity contribution < 1.29 is 4.79 Å². The van der Waals surface area contributed by atoms with Gasteiger partial charge >= 0.3 is 0 Å². The van der Waals surface area contributed by atoms with E-state index in [9.17, 15) is 4.79 Å². The number of halogens is 1. The summed E-state index contributed by atoms with van der Waals surface area (Å²) in [5.41, 5.74) is 59.7. The minimum atomic E-state index is -1.77. The van der Waals surface area contributed by atoms with Gasteiger partial charge in [-0.25, -0.2) is 0 Å². The highest BCUT2D eigenvalue weighted by molar-refractivity contribution is 14.1. The van der Waals surface area contributed by atoms with E-state index < -0.39 is 9.45 Å². The average Bonchev–Trinajstić information content (AvgIpc) is 2.65. The molecule has 0 fully saturated rings. The van der Waals surface area contributed by atoms with Crippen LogP contribution in [-0.4, -0.2) is 9.45 Å². The van der Waals surface area contributed by atoms with Crippen molar-refractivity contribution in [2.24, 2.45) is 5.73 Å². The fourth-order valence-electron chi connectivity index (χ4n) is 2.64. The Kier molecular flexibility index (Phi) is 5.09. The van der Waals surface area contributed by atoms with Crippen molar-refractivity contribution in [2.75, 3.05) is 56.9 Å². The number of Topliss-reactive ketones (excluding diaryl/α,β-unsaturated/α-hetero) is 1. The Bertz CT molecular complexity index is 944. The van der Waals surface area contributed by atoms with Crippen LogP contribution in [0, 0.1) is 6.92 Å². The zero-order valence-corrected chi connectivity index (χ0v) is 17.2. The molecule has 0 aliphatic rings. The molecule has 28 heavy (non-hydrogen) atoms. The van der Waals surface area contributed by atoms with Gasteiger partial charge in [0.05, 0.1) is 62.4 Å². The highest BCUT2D eigenvalue weighted by Crippen LogP contribution is 2.43. The molecule has 12 nitrogen and oxygen atoms in total. The summed E-state index contributed by atoms with van der Waals surface area (Å²) in [6.07, 6.45) is 0. The Morgan fingerprint density at radius 3 is 1.54 bits per heavy atom. The maximum absolute atomic E-state index is 13.2. The van der Waals surface area contributed by atoms with Gasteiger partial charge in [-0.2, -0.15) is 0 Å². The summed E-state index contributed by atoms with van der Waals surface area (Å²) >= 11 is 1.66. The molecular formula is C15H24IN11O. The molecular weight excluding hydrogens is 477 g/mol. The number of hydrogen-bond acceptors (Lipinski definition) is 12. The first kappa shape index (κ1) is 21.1. The van der Waals surface area contributed by atoms with Gasteiger partial charge in [0.2, 0.25) is 9.45 Å². The zero-order valence-electron chi connectivity index (χ0n) is 15.1. The molecule has 0 amide bonds. The van der Waals surface area contributed by atoms with Crippen LogP contribution in [0.2, 0.25) is 0 Å². The number of hydrogen-bond donors (Lipinski definition) is 11. The fraction of sp³-hybridized carbons (Fsp3) is 0.133. The lowest BCUT2D eigenvalue weighted by molar-refractivity contribution is 0.0966. The highest BCUT2D eigenvalue weighted by atomic mass is 127. The largest absolute Gasteiger partial charge is 0.397 e. The van der Waals surface area contributed by atoms with E-state index >= 15 is 0 Å². The number of nitrogen functional groups attached to an aromatic ring is 9. The molecule has 2 aromatic carbocycles. The van der Waals surface area contributed by atoms with Crippen molar-refractivity contribution in [1.29, 1.82) is 0 Å². The molecule has 0 saturated heterocycles. The van der Waals surface area contributed by atoms with Gasteiger partial charge in [0, 0.05) is 0 Å². The molecule has 0 aliphatic carbocycles. The minimum absolute atomic E-state index is 0.0187. The van der Waals surface area contributed by atoms with E-state index in [1.165, 1.54) is 0 Å². The van der Waals surface area contributed by atoms with Gasteiger partial charge < -0.3 is 56.9 Å². The number of anilines is 10. The third-order valence-electron chi connectivity index (χ3n) is 4.48. The number of nitrogens with one attached hydrogen (secondary N) is 1. The van der Waals surface area contributed by atoms with Gasteiger partial charge in [-0.1, -0.05) is 0 Å². The first-order chi connectivity index (χ1) is 12.7. The number of nitrogens with two attached hydrogens (primary N) is 10. The summed E-state index contributed by atoms with van der Waals surface area (Å²) in [5.74, 6) is -0.714. The normalized spacial score (nSPS) is 13.1. The van der Waals surface area contributed by atoms with Crippen LogP contribution in [0.4, 0.5) is 56.9 Å². The summed E-state index contributed by atoms with van der Waals surface area (Å²) in [6.45, 7) is 1.64. The van der Waals surface area contributed by atoms with E-state index in [0.29, 0.717) is 5.56 Å². The van der Waals surface area contributed by atoms with Crippen LogP contribution in [-0.2, 0) is 0 Å². The van der Waals surface area contributed by atoms with Crippen LogP contribution in [0.25, 0.3) is 0 Å². The van der Waals surface area contributed by atoms with Gasteiger partial charge in [0.1, 0.15) is 0 Å². The molecule has 0 bridgehead atoms. The Balaban J connectivity index is 2.61. The molecule has 13 heteroatoms. The monoisotopic (exact) mass is 501 g/mol. The zero-order chi connectivity index (χ0) is 21.7. The second-order valence-electron chi connectivity index (χ2n) is 6.26. The van der Waals surface area contributed by atoms with E-state index in [1.54, 1.807) is 29.5 Å². The highest BCUT2D eigenvalue weighted by Gasteiger charge is 2.37. The maximum Gasteiger partial charge on any atom is 0.217 e. The molecule has 0 spiro atoms. The Labute approximate surface area is 174 Å². The van der Waals surface area contributed by atoms with E-state index in [1.807, 2.05) is 0 Å². The lowest BCUT2D eigenvalue weighted by Crippen LogP contribution is -2.49. The molecule has 1 unspecified atom stereocenters. The van der Waals surface area contributed by atoms with Crippen molar-refractivity contribution in [1.82, 2.24) is 0 Å². The summed E-state index contributed by atoms with van der Waals surface area (Å²) < 4.78 is -1.77. The van der Waals surface area contributed by atoms with Crippen LogP contribution in [0.1, 0.15) is 15.9 Å². The molecule has 2 aromatic rings. The third-order valence-corrected chi connectivity index (χ3v) is 5.24. The van der Waals surface area contributed by atoms with Crippen molar-refractivity contribution >= 4 is 85.2 Å². The van der Waals surface area contributed by atoms with Crippen LogP contribution in [0.5, 0.6) is 0 Å². The number of benzene rings is 2. The van der Waals surface area contributed by atoms with E-state index in [0.717, 1.165) is 0 Å². The maximum atomic E-state index is 13.2. The molecule has 0 radical (unpaired) electrons. The first-order valence-corrected chi connectivity index (χ1v) is 8.86. The number of ketones is 1. The number of carbonyl (C=O) groups is 1. The predicted molar refractivity (Wildman–Crippen MR) is 126 cm³/mol. The number of rotatable bonds is 4. The quantitative estimate of drug-likeness (QED) is 0.0636. The molecule has 0 aromatic heterocycles. The van der Waals surface area contributed by atoms with Crippen molar-refractivity contribution in [3.05, 3.63) is 11.1 Å². The first-order valence-electron chi connectivity index (χ1n) is 7.78. The van der Waals surface area contributed by atoms with Crippen LogP contribution < -0.4 is 62.7 Å². The van der Waals surface area contributed by atoms with Gasteiger partial charge in [0.15, 0.2) is 0 Å². The summed E-state index contributed by atoms with van der Waals surface area (Å²) in [6, 6.07) is 0. The summed E-state index contributed by atoms with van der Waals surface area (Å²) in [5, 5.41) is 2.82. The fourth-order valence-corrected chi connectivity index (χ4v) is 3.18. The van der Waals surface area contributed by atoms with Gasteiger partial charge in [-0.05, 0) is 35.1 Å². The molecule has 21 N–H and O–H groups in total. The topological polar surface area (TPSA) is 289 Å². The molecule has 0 heterocycles. The number of carbonyl (C=O) groups excluding carboxylic acids is 1. The standard InChI is InChI=1S/C15H24IN11O/c1-2-4(17)7(20)11(24)12(25)13(2)27-15(16,26)14(28)3-5(18)8(21)10(23)9(22)6(3)19/h27H,17-26H2,1H3. The predicted octanol–water partition coefficient (Wildman–Crippen LogP) is -0.423. The minimum Gasteiger partial charge on any atom is -0.397 e. The molecule has 152 valence electrons. The SMILES string of the molecule is Cc1c(N)c(N)c(N)c(N)c1NC(N)(I)C(=O)c1c(N)c(N)c(N)c(N)c1N. The average molecular weight is 501 g/mol. The smallest absolute Gasteiger partial charge is 0.217 e. The Morgan fingerprint density at radius 2 is 1.07 bits per heavy atom. The van der Waals surface area contributed by atoms with Gasteiger partial charge in [0.25, 0.3) is 0 Å². The van der Waals surface area contributed by atoms with Crippen LogP contribution in [0.3, 0.4) is 0 Å². The lowest BCUT2D eigenvalue weighted by atomic mass is 9.99. The van der Waals surface area contributed by atoms with E-state index in [-0.39, 0.29) is 62.4 Å². The summed E-state index contributed by atoms with van der Waals surface area (Å²) in [7, 11) is 0. The van der Waals surface area contributed by atoms with Crippen molar-refractivity contribution in [3.63, 3.8) is 0 Å². The second kappa shape index (κ2) is 6.75. The molecule has 1 atom stereocenters. The van der Waals surface area contributed by atoms with E-state index in [4.69, 9.17) is 57.3 Å². The second-order valence-corrected chi connectivity index (χ2v) is 7.97. The van der Waals surface area contributed by atoms with Crippen LogP contribution >= 0.6 is 22.6 Å². The molecule has 2 rings (SSSR count). The summed E-state index contributed by atoms with van der Waals surface area (Å²) in [4.78, 5) is 13.2. The third kappa shape index (κ3) is 3.03. The van der Waals surface area contributed by atoms with Crippen molar-refractivity contribution in [2.45, 2.75) is 10.6 Å². The van der Waals surface area contributed by atoms with Gasteiger partial charge in [-0.3, -0.25) is 10.5 Å². The Hall–Kier alpha value is -3.20. The van der Waals surface area contributed by atoms with Crippen molar-refractivity contribution in [3.8, 4) is 0 Å². The lowest BCUT2D eigenvalue weighted by Gasteiger charge is -2.29.